The van der Waals surface area contributed by atoms with Crippen molar-refractivity contribution in [3.05, 3.63) is 23.8 Å². The van der Waals surface area contributed by atoms with Gasteiger partial charge in [-0.2, -0.15) is 0 Å². The molecular formula is C11H12O4S. The fraction of sp³-hybridized carbons (Fsp3) is 0.273. The average molecular weight is 240 g/mol. The van der Waals surface area contributed by atoms with E-state index in [0.29, 0.717) is 17.1 Å². The minimum Gasteiger partial charge on any atom is -0.493 e. The summed E-state index contributed by atoms with van der Waals surface area (Å²) in [5, 5.41) is -0.741. The molecule has 0 saturated heterocycles. The van der Waals surface area contributed by atoms with E-state index >= 15 is 0 Å². The maximum atomic E-state index is 11.2. The predicted molar refractivity (Wildman–Crippen MR) is 62.3 cm³/mol. The Kier molecular flexibility index (Phi) is 4.37. The summed E-state index contributed by atoms with van der Waals surface area (Å²) in [7, 11) is 3.03. The third kappa shape index (κ3) is 3.00. The Hall–Kier alpha value is -1.49. The number of carbonyl (C=O) groups excluding carboxylic acids is 2. The Morgan fingerprint density at radius 1 is 1.19 bits per heavy atom. The molecule has 0 radical (unpaired) electrons. The summed E-state index contributed by atoms with van der Waals surface area (Å²) in [5.41, 5.74) is 0.685. The third-order valence-corrected chi connectivity index (χ3v) is 2.30. The summed E-state index contributed by atoms with van der Waals surface area (Å²) in [6, 6.07) is 5.05. The smallest absolute Gasteiger partial charge is 0.252 e. The lowest BCUT2D eigenvalue weighted by molar-refractivity contribution is -0.131. The van der Waals surface area contributed by atoms with Crippen LogP contribution in [0.4, 0.5) is 0 Å². The first kappa shape index (κ1) is 12.6. The Bertz CT molecular complexity index is 414. The topological polar surface area (TPSA) is 52.6 Å². The van der Waals surface area contributed by atoms with Gasteiger partial charge in [0.05, 0.1) is 14.2 Å². The van der Waals surface area contributed by atoms with E-state index in [9.17, 15) is 9.59 Å². The molecule has 0 fully saturated rings. The van der Waals surface area contributed by atoms with Gasteiger partial charge in [0.15, 0.2) is 11.5 Å². The molecule has 86 valence electrons. The zero-order valence-corrected chi connectivity index (χ0v) is 9.91. The highest BCUT2D eigenvalue weighted by atomic mass is 32.1. The van der Waals surface area contributed by atoms with Crippen molar-refractivity contribution in [2.75, 3.05) is 14.2 Å². The lowest BCUT2D eigenvalue weighted by atomic mass is 10.1. The molecule has 0 spiro atoms. The van der Waals surface area contributed by atoms with Crippen LogP contribution in [0, 0.1) is 0 Å². The molecule has 4 nitrogen and oxygen atoms in total. The molecule has 0 aliphatic rings. The van der Waals surface area contributed by atoms with Gasteiger partial charge < -0.3 is 9.47 Å². The van der Waals surface area contributed by atoms with E-state index in [1.54, 1.807) is 18.2 Å². The van der Waals surface area contributed by atoms with Crippen molar-refractivity contribution >= 4 is 23.5 Å². The number of hydrogen-bond acceptors (Lipinski definition) is 4. The van der Waals surface area contributed by atoms with Crippen molar-refractivity contribution in [1.29, 1.82) is 0 Å². The van der Waals surface area contributed by atoms with Gasteiger partial charge in [0.25, 0.3) is 5.12 Å². The second-order valence-electron chi connectivity index (χ2n) is 3.09. The molecule has 0 saturated carbocycles. The number of ketones is 1. The van der Waals surface area contributed by atoms with Crippen LogP contribution in [0.25, 0.3) is 0 Å². The fourth-order valence-electron chi connectivity index (χ4n) is 1.25. The monoisotopic (exact) mass is 240 g/mol. The van der Waals surface area contributed by atoms with Gasteiger partial charge in [0, 0.05) is 6.42 Å². The third-order valence-electron chi connectivity index (χ3n) is 2.05. The van der Waals surface area contributed by atoms with Gasteiger partial charge in [0.1, 0.15) is 0 Å². The number of carbonyl (C=O) groups is 2. The van der Waals surface area contributed by atoms with E-state index in [0.717, 1.165) is 0 Å². The molecule has 0 aromatic heterocycles. The van der Waals surface area contributed by atoms with Gasteiger partial charge in [-0.3, -0.25) is 9.59 Å². The van der Waals surface area contributed by atoms with Gasteiger partial charge >= 0.3 is 0 Å². The van der Waals surface area contributed by atoms with E-state index < -0.39 is 10.9 Å². The van der Waals surface area contributed by atoms with Crippen molar-refractivity contribution in [3.63, 3.8) is 0 Å². The number of rotatable bonds is 5. The first-order valence-corrected chi connectivity index (χ1v) is 5.00. The molecule has 0 amide bonds. The van der Waals surface area contributed by atoms with E-state index in [2.05, 4.69) is 12.6 Å². The van der Waals surface area contributed by atoms with Crippen LogP contribution in [-0.4, -0.2) is 25.1 Å². The lowest BCUT2D eigenvalue weighted by Crippen LogP contribution is -2.10. The predicted octanol–water partition coefficient (Wildman–Crippen LogP) is 1.27. The molecular weight excluding hydrogens is 228 g/mol. The highest BCUT2D eigenvalue weighted by Crippen LogP contribution is 2.27. The Morgan fingerprint density at radius 3 is 2.31 bits per heavy atom. The van der Waals surface area contributed by atoms with Crippen LogP contribution in [-0.2, 0) is 16.0 Å². The summed E-state index contributed by atoms with van der Waals surface area (Å²) in [4.78, 5) is 21.9. The van der Waals surface area contributed by atoms with E-state index in [1.165, 1.54) is 14.2 Å². The maximum absolute atomic E-state index is 11.2. The number of benzene rings is 1. The summed E-state index contributed by atoms with van der Waals surface area (Å²) in [5.74, 6) is 0.561. The Balaban J connectivity index is 2.91. The number of methoxy groups -OCH3 is 2. The Morgan fingerprint density at radius 2 is 1.81 bits per heavy atom. The molecule has 0 bridgehead atoms. The Labute approximate surface area is 99.0 Å². The van der Waals surface area contributed by atoms with Crippen LogP contribution >= 0.6 is 12.6 Å². The molecule has 0 aliphatic heterocycles. The summed E-state index contributed by atoms with van der Waals surface area (Å²) in [6.07, 6.45) is 0.0166. The molecule has 0 heterocycles. The fourth-order valence-corrected chi connectivity index (χ4v) is 1.33. The van der Waals surface area contributed by atoms with Gasteiger partial charge in [-0.1, -0.05) is 18.7 Å². The van der Waals surface area contributed by atoms with E-state index in [4.69, 9.17) is 9.47 Å². The van der Waals surface area contributed by atoms with Crippen molar-refractivity contribution in [2.24, 2.45) is 0 Å². The van der Waals surface area contributed by atoms with Gasteiger partial charge in [0.2, 0.25) is 5.78 Å². The molecule has 5 heteroatoms. The highest BCUT2D eigenvalue weighted by Gasteiger charge is 2.12. The average Bonchev–Trinajstić information content (AvgIpc) is 2.28. The first-order chi connectivity index (χ1) is 7.58. The number of hydrogen-bond donors (Lipinski definition) is 1. The van der Waals surface area contributed by atoms with E-state index in [1.807, 2.05) is 0 Å². The molecule has 0 unspecified atom stereocenters. The van der Waals surface area contributed by atoms with Crippen LogP contribution in [0.2, 0.25) is 0 Å². The van der Waals surface area contributed by atoms with Crippen LogP contribution in [0.5, 0.6) is 11.5 Å². The quantitative estimate of drug-likeness (QED) is 0.622. The molecule has 1 aromatic carbocycles. The second-order valence-corrected chi connectivity index (χ2v) is 3.50. The van der Waals surface area contributed by atoms with Crippen LogP contribution in [0.1, 0.15) is 5.56 Å². The van der Waals surface area contributed by atoms with Crippen molar-refractivity contribution in [2.45, 2.75) is 6.42 Å². The molecule has 16 heavy (non-hydrogen) atoms. The molecule has 0 aliphatic carbocycles. The lowest BCUT2D eigenvalue weighted by Gasteiger charge is -2.08. The van der Waals surface area contributed by atoms with Gasteiger partial charge in [-0.25, -0.2) is 0 Å². The van der Waals surface area contributed by atoms with Gasteiger partial charge in [-0.15, -0.1) is 0 Å². The van der Waals surface area contributed by atoms with Crippen molar-refractivity contribution in [3.8, 4) is 11.5 Å². The van der Waals surface area contributed by atoms with Crippen LogP contribution in [0.3, 0.4) is 0 Å². The SMILES string of the molecule is COc1ccc(CC(=O)C(=O)S)cc1OC. The zero-order valence-electron chi connectivity index (χ0n) is 9.02. The number of ether oxygens (including phenoxy) is 2. The maximum Gasteiger partial charge on any atom is 0.252 e. The van der Waals surface area contributed by atoms with Crippen LogP contribution in [0.15, 0.2) is 18.2 Å². The molecule has 0 atom stereocenters. The summed E-state index contributed by atoms with van der Waals surface area (Å²) < 4.78 is 10.1. The van der Waals surface area contributed by atoms with Crippen molar-refractivity contribution in [1.82, 2.24) is 0 Å². The molecule has 0 N–H and O–H groups in total. The molecule has 1 rings (SSSR count). The summed E-state index contributed by atoms with van der Waals surface area (Å²) in [6.45, 7) is 0. The highest BCUT2D eigenvalue weighted by molar-refractivity contribution is 7.98. The number of thiol groups is 1. The minimum atomic E-state index is -0.741. The minimum absolute atomic E-state index is 0.0166. The van der Waals surface area contributed by atoms with E-state index in [-0.39, 0.29) is 6.42 Å². The summed E-state index contributed by atoms with van der Waals surface area (Å²) >= 11 is 3.47. The number of Topliss-reactive ketones (excluding diaryl/α,β-unsaturated/α-hetero) is 1. The van der Waals surface area contributed by atoms with Crippen molar-refractivity contribution < 1.29 is 19.1 Å². The standard InChI is InChI=1S/C11H12O4S/c1-14-9-4-3-7(6-10(9)15-2)5-8(12)11(13)16/h3-4,6H,5H2,1-2H3,(H,13,16). The first-order valence-electron chi connectivity index (χ1n) is 4.55. The van der Waals surface area contributed by atoms with Crippen LogP contribution < -0.4 is 9.47 Å². The zero-order chi connectivity index (χ0) is 12.1. The van der Waals surface area contributed by atoms with Gasteiger partial charge in [-0.05, 0) is 17.7 Å². The largest absolute Gasteiger partial charge is 0.493 e. The second kappa shape index (κ2) is 5.55. The molecule has 1 aromatic rings. The normalized spacial score (nSPS) is 9.69.